The van der Waals surface area contributed by atoms with Crippen molar-refractivity contribution in [1.29, 1.82) is 0 Å². The van der Waals surface area contributed by atoms with Crippen LogP contribution in [0.15, 0.2) is 18.2 Å². The molecule has 2 heteroatoms. The van der Waals surface area contributed by atoms with Gasteiger partial charge in [-0.25, -0.2) is 0 Å². The van der Waals surface area contributed by atoms with E-state index in [1.165, 1.54) is 31.2 Å². The van der Waals surface area contributed by atoms with Crippen LogP contribution in [-0.4, -0.2) is 18.5 Å². The number of rotatable bonds is 9. The molecule has 1 unspecified atom stereocenters. The zero-order valence-electron chi connectivity index (χ0n) is 13.4. The standard InChI is InChI=1S/C18H28O2/c1-5-6-7-8-9-16(4)20-13-18(19)17-11-10-14(2)15(3)12-17/h10-12,16H,5-9,13H2,1-4H3. The van der Waals surface area contributed by atoms with Gasteiger partial charge in [0.05, 0.1) is 6.10 Å². The third-order valence-corrected chi connectivity index (χ3v) is 3.79. The van der Waals surface area contributed by atoms with Gasteiger partial charge in [-0.2, -0.15) is 0 Å². The molecule has 0 saturated heterocycles. The number of aryl methyl sites for hydroxylation is 2. The van der Waals surface area contributed by atoms with Crippen LogP contribution in [0.1, 0.15) is 67.4 Å². The summed E-state index contributed by atoms with van der Waals surface area (Å²) in [6.07, 6.45) is 6.19. The normalized spacial score (nSPS) is 12.4. The fraction of sp³-hybridized carbons (Fsp3) is 0.611. The first kappa shape index (κ1) is 16.9. The first-order chi connectivity index (χ1) is 9.54. The smallest absolute Gasteiger partial charge is 0.188 e. The molecule has 1 aromatic rings. The molecule has 0 N–H and O–H groups in total. The van der Waals surface area contributed by atoms with E-state index in [2.05, 4.69) is 20.8 Å². The number of ether oxygens (including phenoxy) is 1. The number of hydrogen-bond donors (Lipinski definition) is 0. The van der Waals surface area contributed by atoms with Crippen molar-refractivity contribution in [2.24, 2.45) is 0 Å². The van der Waals surface area contributed by atoms with Crippen LogP contribution in [0.4, 0.5) is 0 Å². The van der Waals surface area contributed by atoms with Crippen molar-refractivity contribution in [3.05, 3.63) is 34.9 Å². The minimum absolute atomic E-state index is 0.0773. The molecule has 0 aliphatic carbocycles. The molecule has 0 saturated carbocycles. The topological polar surface area (TPSA) is 26.3 Å². The molecule has 1 aromatic carbocycles. The van der Waals surface area contributed by atoms with E-state index in [9.17, 15) is 4.79 Å². The van der Waals surface area contributed by atoms with Gasteiger partial charge in [0.15, 0.2) is 5.78 Å². The maximum absolute atomic E-state index is 12.1. The van der Waals surface area contributed by atoms with Crippen LogP contribution in [0.25, 0.3) is 0 Å². The Bertz CT molecular complexity index is 423. The van der Waals surface area contributed by atoms with Crippen molar-refractivity contribution in [3.8, 4) is 0 Å². The summed E-state index contributed by atoms with van der Waals surface area (Å²) < 4.78 is 5.66. The van der Waals surface area contributed by atoms with E-state index in [-0.39, 0.29) is 18.5 Å². The number of carbonyl (C=O) groups excluding carboxylic acids is 1. The number of Topliss-reactive ketones (excluding diaryl/α,β-unsaturated/α-hetero) is 1. The second kappa shape index (κ2) is 8.91. The summed E-state index contributed by atoms with van der Waals surface area (Å²) in [5.41, 5.74) is 3.13. The van der Waals surface area contributed by atoms with Gasteiger partial charge in [0, 0.05) is 5.56 Å². The maximum atomic E-state index is 12.1. The Kier molecular flexibility index (Phi) is 7.53. The first-order valence-corrected chi connectivity index (χ1v) is 7.76. The Morgan fingerprint density at radius 1 is 1.15 bits per heavy atom. The lowest BCUT2D eigenvalue weighted by atomic mass is 10.0. The summed E-state index contributed by atoms with van der Waals surface area (Å²) in [5, 5.41) is 0. The molecule has 0 aliphatic rings. The van der Waals surface area contributed by atoms with Gasteiger partial charge in [0.2, 0.25) is 0 Å². The van der Waals surface area contributed by atoms with Gasteiger partial charge < -0.3 is 4.74 Å². The minimum atomic E-state index is 0.0773. The van der Waals surface area contributed by atoms with Crippen LogP contribution in [0.2, 0.25) is 0 Å². The SMILES string of the molecule is CCCCCCC(C)OCC(=O)c1ccc(C)c(C)c1. The molecule has 0 amide bonds. The lowest BCUT2D eigenvalue weighted by Gasteiger charge is -2.12. The molecule has 1 atom stereocenters. The monoisotopic (exact) mass is 276 g/mol. The van der Waals surface area contributed by atoms with Gasteiger partial charge >= 0.3 is 0 Å². The Morgan fingerprint density at radius 3 is 2.55 bits per heavy atom. The lowest BCUT2D eigenvalue weighted by molar-refractivity contribution is 0.0483. The Hall–Kier alpha value is -1.15. The number of hydrogen-bond acceptors (Lipinski definition) is 2. The second-order valence-electron chi connectivity index (χ2n) is 5.69. The molecule has 20 heavy (non-hydrogen) atoms. The number of carbonyl (C=O) groups is 1. The Labute approximate surface area is 123 Å². The molecule has 0 radical (unpaired) electrons. The average Bonchev–Trinajstić information content (AvgIpc) is 2.44. The van der Waals surface area contributed by atoms with Crippen LogP contribution in [0.3, 0.4) is 0 Å². The van der Waals surface area contributed by atoms with Crippen LogP contribution in [0.5, 0.6) is 0 Å². The highest BCUT2D eigenvalue weighted by atomic mass is 16.5. The summed E-state index contributed by atoms with van der Waals surface area (Å²) in [7, 11) is 0. The summed E-state index contributed by atoms with van der Waals surface area (Å²) >= 11 is 0. The molecule has 112 valence electrons. The van der Waals surface area contributed by atoms with E-state index >= 15 is 0 Å². The van der Waals surface area contributed by atoms with Crippen molar-refractivity contribution in [2.45, 2.75) is 65.9 Å². The van der Waals surface area contributed by atoms with E-state index in [4.69, 9.17) is 4.74 Å². The predicted octanol–water partition coefficient (Wildman–Crippen LogP) is 4.86. The molecule has 0 spiro atoms. The quantitative estimate of drug-likeness (QED) is 0.475. The van der Waals surface area contributed by atoms with Gasteiger partial charge in [-0.3, -0.25) is 4.79 Å². The molecule has 0 bridgehead atoms. The van der Waals surface area contributed by atoms with Gasteiger partial charge in [-0.15, -0.1) is 0 Å². The van der Waals surface area contributed by atoms with E-state index in [0.717, 1.165) is 17.5 Å². The highest BCUT2D eigenvalue weighted by molar-refractivity contribution is 5.97. The van der Waals surface area contributed by atoms with Gasteiger partial charge in [-0.1, -0.05) is 44.7 Å². The molecular formula is C18H28O2. The third-order valence-electron chi connectivity index (χ3n) is 3.79. The lowest BCUT2D eigenvalue weighted by Crippen LogP contribution is -2.16. The van der Waals surface area contributed by atoms with Crippen LogP contribution in [0, 0.1) is 13.8 Å². The largest absolute Gasteiger partial charge is 0.370 e. The molecule has 0 heterocycles. The summed E-state index contributed by atoms with van der Waals surface area (Å²) in [6.45, 7) is 8.54. The Balaban J connectivity index is 2.33. The fourth-order valence-corrected chi connectivity index (χ4v) is 2.16. The van der Waals surface area contributed by atoms with Gasteiger partial charge in [0.1, 0.15) is 6.61 Å². The summed E-state index contributed by atoms with van der Waals surface area (Å²) in [5.74, 6) is 0.0773. The fourth-order valence-electron chi connectivity index (χ4n) is 2.16. The minimum Gasteiger partial charge on any atom is -0.370 e. The molecule has 0 aliphatic heterocycles. The molecular weight excluding hydrogens is 248 g/mol. The van der Waals surface area contributed by atoms with E-state index in [1.807, 2.05) is 25.1 Å². The van der Waals surface area contributed by atoms with E-state index in [0.29, 0.717) is 0 Å². The van der Waals surface area contributed by atoms with Gasteiger partial charge in [-0.05, 0) is 44.4 Å². The average molecular weight is 276 g/mol. The second-order valence-corrected chi connectivity index (χ2v) is 5.69. The predicted molar refractivity (Wildman–Crippen MR) is 84.4 cm³/mol. The zero-order valence-corrected chi connectivity index (χ0v) is 13.4. The van der Waals surface area contributed by atoms with Crippen molar-refractivity contribution >= 4 is 5.78 Å². The number of benzene rings is 1. The van der Waals surface area contributed by atoms with Crippen molar-refractivity contribution in [3.63, 3.8) is 0 Å². The van der Waals surface area contributed by atoms with Crippen molar-refractivity contribution in [2.75, 3.05) is 6.61 Å². The highest BCUT2D eigenvalue weighted by Crippen LogP contribution is 2.12. The highest BCUT2D eigenvalue weighted by Gasteiger charge is 2.10. The van der Waals surface area contributed by atoms with Crippen LogP contribution < -0.4 is 0 Å². The number of ketones is 1. The molecule has 2 nitrogen and oxygen atoms in total. The summed E-state index contributed by atoms with van der Waals surface area (Å²) in [6, 6.07) is 5.84. The Morgan fingerprint density at radius 2 is 1.90 bits per heavy atom. The zero-order chi connectivity index (χ0) is 15.0. The summed E-state index contributed by atoms with van der Waals surface area (Å²) in [4.78, 5) is 12.1. The third kappa shape index (κ3) is 5.87. The first-order valence-electron chi connectivity index (χ1n) is 7.76. The molecule has 0 fully saturated rings. The molecule has 1 rings (SSSR count). The molecule has 0 aromatic heterocycles. The van der Waals surface area contributed by atoms with Crippen LogP contribution in [-0.2, 0) is 4.74 Å². The van der Waals surface area contributed by atoms with E-state index in [1.54, 1.807) is 0 Å². The van der Waals surface area contributed by atoms with Crippen LogP contribution >= 0.6 is 0 Å². The number of unbranched alkanes of at least 4 members (excludes halogenated alkanes) is 3. The van der Waals surface area contributed by atoms with Crippen molar-refractivity contribution < 1.29 is 9.53 Å². The van der Waals surface area contributed by atoms with Crippen molar-refractivity contribution in [1.82, 2.24) is 0 Å². The maximum Gasteiger partial charge on any atom is 0.188 e. The van der Waals surface area contributed by atoms with E-state index < -0.39 is 0 Å². The van der Waals surface area contributed by atoms with Gasteiger partial charge in [0.25, 0.3) is 0 Å².